The van der Waals surface area contributed by atoms with E-state index in [4.69, 9.17) is 9.47 Å². The lowest BCUT2D eigenvalue weighted by molar-refractivity contribution is 0.0890. The van der Waals surface area contributed by atoms with Crippen molar-refractivity contribution in [1.29, 1.82) is 0 Å². The fraction of sp³-hybridized carbons (Fsp3) is 0.278. The maximum Gasteiger partial charge on any atom is 0.164 e. The number of fused-ring (bicyclic) bond motifs is 1. The van der Waals surface area contributed by atoms with Gasteiger partial charge in [-0.3, -0.25) is 4.79 Å². The van der Waals surface area contributed by atoms with Crippen molar-refractivity contribution in [2.75, 3.05) is 19.7 Å². The molecule has 1 aliphatic rings. The Kier molecular flexibility index (Phi) is 4.71. The van der Waals surface area contributed by atoms with Crippen LogP contribution in [0, 0.1) is 0 Å². The van der Waals surface area contributed by atoms with E-state index in [1.807, 2.05) is 54.6 Å². The number of ketones is 1. The topological polar surface area (TPSA) is 47.6 Å². The number of Topliss-reactive ketones (excluding diaryl/α,β-unsaturated/α-hetero) is 1. The van der Waals surface area contributed by atoms with Gasteiger partial charge in [0.1, 0.15) is 12.7 Å². The molecule has 1 N–H and O–H groups in total. The first-order valence-corrected chi connectivity index (χ1v) is 7.50. The summed E-state index contributed by atoms with van der Waals surface area (Å²) in [4.78, 5) is 12.0. The van der Waals surface area contributed by atoms with Crippen molar-refractivity contribution in [3.05, 3.63) is 60.2 Å². The summed E-state index contributed by atoms with van der Waals surface area (Å²) in [6, 6.07) is 17.0. The fourth-order valence-corrected chi connectivity index (χ4v) is 2.40. The van der Waals surface area contributed by atoms with Gasteiger partial charge in [0.05, 0.1) is 0 Å². The van der Waals surface area contributed by atoms with E-state index < -0.39 is 0 Å². The van der Waals surface area contributed by atoms with E-state index in [1.54, 1.807) is 0 Å². The second kappa shape index (κ2) is 7.09. The number of ether oxygens (including phenoxy) is 2. The second-order valence-electron chi connectivity index (χ2n) is 5.24. The zero-order valence-corrected chi connectivity index (χ0v) is 12.3. The minimum absolute atomic E-state index is 0.0262. The van der Waals surface area contributed by atoms with Gasteiger partial charge in [-0.2, -0.15) is 0 Å². The third-order valence-electron chi connectivity index (χ3n) is 3.56. The summed E-state index contributed by atoms with van der Waals surface area (Å²) < 4.78 is 11.5. The highest BCUT2D eigenvalue weighted by molar-refractivity contribution is 5.96. The highest BCUT2D eigenvalue weighted by Crippen LogP contribution is 2.30. The van der Waals surface area contributed by atoms with Gasteiger partial charge in [0.25, 0.3) is 0 Å². The number of rotatable bonds is 6. The minimum Gasteiger partial charge on any atom is -0.486 e. The first kappa shape index (κ1) is 14.6. The quantitative estimate of drug-likeness (QED) is 0.658. The number of carbonyl (C=O) groups excluding carboxylic acids is 1. The number of para-hydroxylation sites is 2. The Labute approximate surface area is 130 Å². The molecule has 1 unspecified atom stereocenters. The Bertz CT molecular complexity index is 627. The van der Waals surface area contributed by atoms with E-state index in [2.05, 4.69) is 5.32 Å². The molecular weight excluding hydrogens is 278 g/mol. The standard InChI is InChI=1S/C18H19NO3/c20-16(14-6-2-1-3-7-14)10-11-19-12-15-13-21-17-8-4-5-9-18(17)22-15/h1-9,15,19H,10-13H2. The van der Waals surface area contributed by atoms with Gasteiger partial charge in [-0.15, -0.1) is 0 Å². The fourth-order valence-electron chi connectivity index (χ4n) is 2.40. The van der Waals surface area contributed by atoms with Crippen LogP contribution in [0.3, 0.4) is 0 Å². The molecule has 4 nitrogen and oxygen atoms in total. The smallest absolute Gasteiger partial charge is 0.164 e. The molecule has 0 aromatic heterocycles. The zero-order chi connectivity index (χ0) is 15.2. The molecule has 22 heavy (non-hydrogen) atoms. The summed E-state index contributed by atoms with van der Waals surface area (Å²) in [5.41, 5.74) is 0.760. The third kappa shape index (κ3) is 3.65. The molecule has 2 aromatic rings. The Hall–Kier alpha value is -2.33. The van der Waals surface area contributed by atoms with Gasteiger partial charge in [0.2, 0.25) is 0 Å². The van der Waals surface area contributed by atoms with Crippen LogP contribution in [0.2, 0.25) is 0 Å². The molecule has 0 saturated heterocycles. The van der Waals surface area contributed by atoms with E-state index in [1.165, 1.54) is 0 Å². The van der Waals surface area contributed by atoms with Crippen LogP contribution in [-0.4, -0.2) is 31.6 Å². The third-order valence-corrected chi connectivity index (χ3v) is 3.56. The molecule has 114 valence electrons. The zero-order valence-electron chi connectivity index (χ0n) is 12.3. The Morgan fingerprint density at radius 1 is 1.05 bits per heavy atom. The Morgan fingerprint density at radius 2 is 1.77 bits per heavy atom. The SMILES string of the molecule is O=C(CCNCC1COc2ccccc2O1)c1ccccc1. The van der Waals surface area contributed by atoms with Crippen molar-refractivity contribution in [2.45, 2.75) is 12.5 Å². The van der Waals surface area contributed by atoms with Crippen molar-refractivity contribution in [2.24, 2.45) is 0 Å². The minimum atomic E-state index is -0.0262. The molecule has 0 bridgehead atoms. The molecular formula is C18H19NO3. The van der Waals surface area contributed by atoms with Gasteiger partial charge in [0, 0.05) is 25.1 Å². The van der Waals surface area contributed by atoms with Crippen molar-refractivity contribution < 1.29 is 14.3 Å². The highest BCUT2D eigenvalue weighted by Gasteiger charge is 2.19. The molecule has 1 atom stereocenters. The van der Waals surface area contributed by atoms with Gasteiger partial charge < -0.3 is 14.8 Å². The highest BCUT2D eigenvalue weighted by atomic mass is 16.6. The first-order valence-electron chi connectivity index (χ1n) is 7.50. The molecule has 0 fully saturated rings. The van der Waals surface area contributed by atoms with Gasteiger partial charge in [0.15, 0.2) is 17.3 Å². The van der Waals surface area contributed by atoms with Crippen molar-refractivity contribution >= 4 is 5.78 Å². The van der Waals surface area contributed by atoms with Crippen LogP contribution in [0.1, 0.15) is 16.8 Å². The van der Waals surface area contributed by atoms with Crippen LogP contribution in [-0.2, 0) is 0 Å². The summed E-state index contributed by atoms with van der Waals surface area (Å²) in [7, 11) is 0. The van der Waals surface area contributed by atoms with Crippen LogP contribution in [0.4, 0.5) is 0 Å². The van der Waals surface area contributed by atoms with E-state index in [0.29, 0.717) is 26.1 Å². The number of hydrogen-bond acceptors (Lipinski definition) is 4. The van der Waals surface area contributed by atoms with Crippen molar-refractivity contribution in [3.63, 3.8) is 0 Å². The molecule has 1 aliphatic heterocycles. The number of carbonyl (C=O) groups is 1. The predicted molar refractivity (Wildman–Crippen MR) is 84.6 cm³/mol. The van der Waals surface area contributed by atoms with E-state index in [0.717, 1.165) is 17.1 Å². The Morgan fingerprint density at radius 3 is 2.59 bits per heavy atom. The lowest BCUT2D eigenvalue weighted by atomic mass is 10.1. The maximum atomic E-state index is 12.0. The molecule has 4 heteroatoms. The average molecular weight is 297 g/mol. The first-order chi connectivity index (χ1) is 10.8. The van der Waals surface area contributed by atoms with Crippen LogP contribution < -0.4 is 14.8 Å². The molecule has 0 saturated carbocycles. The predicted octanol–water partition coefficient (Wildman–Crippen LogP) is 2.69. The van der Waals surface area contributed by atoms with Gasteiger partial charge in [-0.25, -0.2) is 0 Å². The molecule has 2 aromatic carbocycles. The average Bonchev–Trinajstić information content (AvgIpc) is 2.59. The largest absolute Gasteiger partial charge is 0.486 e. The molecule has 3 rings (SSSR count). The van der Waals surface area contributed by atoms with Crippen LogP contribution >= 0.6 is 0 Å². The molecule has 0 aliphatic carbocycles. The van der Waals surface area contributed by atoms with E-state index in [9.17, 15) is 4.79 Å². The second-order valence-corrected chi connectivity index (χ2v) is 5.24. The van der Waals surface area contributed by atoms with Gasteiger partial charge in [-0.05, 0) is 12.1 Å². The molecule has 0 radical (unpaired) electrons. The normalized spacial score (nSPS) is 16.3. The molecule has 0 spiro atoms. The van der Waals surface area contributed by atoms with Gasteiger partial charge >= 0.3 is 0 Å². The summed E-state index contributed by atoms with van der Waals surface area (Å²) in [6.07, 6.45) is 0.454. The van der Waals surface area contributed by atoms with Crippen molar-refractivity contribution in [1.82, 2.24) is 5.32 Å². The monoisotopic (exact) mass is 297 g/mol. The molecule has 1 heterocycles. The summed E-state index contributed by atoms with van der Waals surface area (Å²) in [5.74, 6) is 1.72. The number of nitrogens with one attached hydrogen (secondary N) is 1. The number of benzene rings is 2. The maximum absolute atomic E-state index is 12.0. The van der Waals surface area contributed by atoms with Crippen LogP contribution in [0.15, 0.2) is 54.6 Å². The lowest BCUT2D eigenvalue weighted by Gasteiger charge is -2.26. The molecule has 0 amide bonds. The van der Waals surface area contributed by atoms with E-state index >= 15 is 0 Å². The Balaban J connectivity index is 1.40. The lowest BCUT2D eigenvalue weighted by Crippen LogP contribution is -2.39. The van der Waals surface area contributed by atoms with Crippen molar-refractivity contribution in [3.8, 4) is 11.5 Å². The van der Waals surface area contributed by atoms with Crippen LogP contribution in [0.25, 0.3) is 0 Å². The summed E-state index contributed by atoms with van der Waals surface area (Å²) in [5, 5.41) is 3.26. The van der Waals surface area contributed by atoms with Gasteiger partial charge in [-0.1, -0.05) is 42.5 Å². The summed E-state index contributed by atoms with van der Waals surface area (Å²) >= 11 is 0. The summed E-state index contributed by atoms with van der Waals surface area (Å²) in [6.45, 7) is 1.82. The van der Waals surface area contributed by atoms with E-state index in [-0.39, 0.29) is 11.9 Å². The van der Waals surface area contributed by atoms with Crippen LogP contribution in [0.5, 0.6) is 11.5 Å². The number of hydrogen-bond donors (Lipinski definition) is 1.